The first-order chi connectivity index (χ1) is 13.3. The SMILES string of the molecule is COC(=O)[C@H](NC(=O)[C@H](C)NC(=O)Cc1cc(F)cc(F)c1)c1ccccc1. The normalized spacial score (nSPS) is 12.6. The van der Waals surface area contributed by atoms with E-state index in [9.17, 15) is 23.2 Å². The van der Waals surface area contributed by atoms with E-state index in [2.05, 4.69) is 10.6 Å². The molecule has 2 rings (SSSR count). The number of ether oxygens (including phenoxy) is 1. The number of hydrogen-bond acceptors (Lipinski definition) is 4. The summed E-state index contributed by atoms with van der Waals surface area (Å²) in [6, 6.07) is 9.25. The van der Waals surface area contributed by atoms with Gasteiger partial charge in [0.1, 0.15) is 17.7 Å². The summed E-state index contributed by atoms with van der Waals surface area (Å²) in [6.45, 7) is 1.43. The fraction of sp³-hybridized carbons (Fsp3) is 0.250. The van der Waals surface area contributed by atoms with Gasteiger partial charge in [-0.15, -0.1) is 0 Å². The van der Waals surface area contributed by atoms with E-state index >= 15 is 0 Å². The first kappa shape index (κ1) is 21.0. The number of benzene rings is 2. The topological polar surface area (TPSA) is 84.5 Å². The van der Waals surface area contributed by atoms with Gasteiger partial charge >= 0.3 is 5.97 Å². The molecule has 0 spiro atoms. The van der Waals surface area contributed by atoms with Crippen molar-refractivity contribution in [2.24, 2.45) is 0 Å². The van der Waals surface area contributed by atoms with Crippen molar-refractivity contribution >= 4 is 17.8 Å². The van der Waals surface area contributed by atoms with E-state index in [1.165, 1.54) is 14.0 Å². The summed E-state index contributed by atoms with van der Waals surface area (Å²) in [5, 5.41) is 4.96. The van der Waals surface area contributed by atoms with Crippen LogP contribution in [0, 0.1) is 11.6 Å². The van der Waals surface area contributed by atoms with Gasteiger partial charge in [0.15, 0.2) is 6.04 Å². The van der Waals surface area contributed by atoms with Crippen LogP contribution < -0.4 is 10.6 Å². The number of methoxy groups -OCH3 is 1. The highest BCUT2D eigenvalue weighted by Crippen LogP contribution is 2.14. The highest BCUT2D eigenvalue weighted by molar-refractivity contribution is 5.91. The lowest BCUT2D eigenvalue weighted by atomic mass is 10.1. The molecule has 0 radical (unpaired) electrons. The summed E-state index contributed by atoms with van der Waals surface area (Å²) in [7, 11) is 1.20. The minimum absolute atomic E-state index is 0.138. The summed E-state index contributed by atoms with van der Waals surface area (Å²) in [5.74, 6) is -3.46. The van der Waals surface area contributed by atoms with Crippen molar-refractivity contribution in [1.29, 1.82) is 0 Å². The number of halogens is 2. The largest absolute Gasteiger partial charge is 0.467 e. The Labute approximate surface area is 160 Å². The molecule has 2 amide bonds. The van der Waals surface area contributed by atoms with Gasteiger partial charge in [0.05, 0.1) is 13.5 Å². The van der Waals surface area contributed by atoms with Gasteiger partial charge in [-0.05, 0) is 30.2 Å². The standard InChI is InChI=1S/C20H20F2N2O4/c1-12(23-17(25)10-13-8-15(21)11-16(22)9-13)19(26)24-18(20(27)28-2)14-6-4-3-5-7-14/h3-9,11-12,18H,10H2,1-2H3,(H,23,25)(H,24,26)/t12-,18+/m0/s1. The second-order valence-corrected chi connectivity index (χ2v) is 6.12. The molecule has 0 aliphatic carbocycles. The maximum atomic E-state index is 13.2. The predicted octanol–water partition coefficient (Wildman–Crippen LogP) is 2.04. The zero-order chi connectivity index (χ0) is 20.7. The predicted molar refractivity (Wildman–Crippen MR) is 97.0 cm³/mol. The second-order valence-electron chi connectivity index (χ2n) is 6.12. The first-order valence-corrected chi connectivity index (χ1v) is 8.47. The molecule has 2 N–H and O–H groups in total. The molecule has 0 aliphatic rings. The Morgan fingerprint density at radius 3 is 2.18 bits per heavy atom. The van der Waals surface area contributed by atoms with Crippen molar-refractivity contribution in [2.45, 2.75) is 25.4 Å². The minimum atomic E-state index is -1.03. The third-order valence-electron chi connectivity index (χ3n) is 3.91. The lowest BCUT2D eigenvalue weighted by molar-refractivity contribution is -0.145. The van der Waals surface area contributed by atoms with Crippen LogP contribution in [0.25, 0.3) is 0 Å². The molecule has 6 nitrogen and oxygen atoms in total. The van der Waals surface area contributed by atoms with Crippen molar-refractivity contribution < 1.29 is 27.9 Å². The van der Waals surface area contributed by atoms with Crippen LogP contribution in [-0.4, -0.2) is 30.9 Å². The Bertz CT molecular complexity index is 838. The summed E-state index contributed by atoms with van der Waals surface area (Å²) in [4.78, 5) is 36.5. The second kappa shape index (κ2) is 9.59. The average molecular weight is 390 g/mol. The van der Waals surface area contributed by atoms with E-state index in [0.29, 0.717) is 11.6 Å². The molecule has 28 heavy (non-hydrogen) atoms. The van der Waals surface area contributed by atoms with Crippen LogP contribution in [0.2, 0.25) is 0 Å². The molecular weight excluding hydrogens is 370 g/mol. The Morgan fingerprint density at radius 1 is 1.00 bits per heavy atom. The van der Waals surface area contributed by atoms with Gasteiger partial charge in [0.2, 0.25) is 11.8 Å². The molecule has 0 unspecified atom stereocenters. The van der Waals surface area contributed by atoms with Gasteiger partial charge in [0.25, 0.3) is 0 Å². The minimum Gasteiger partial charge on any atom is -0.467 e. The van der Waals surface area contributed by atoms with Crippen molar-refractivity contribution in [3.8, 4) is 0 Å². The third-order valence-corrected chi connectivity index (χ3v) is 3.91. The summed E-state index contributed by atoms with van der Waals surface area (Å²) in [5.41, 5.74) is 0.663. The fourth-order valence-corrected chi connectivity index (χ4v) is 2.57. The Hall–Kier alpha value is -3.29. The number of esters is 1. The molecule has 0 saturated heterocycles. The van der Waals surface area contributed by atoms with Crippen molar-refractivity contribution in [3.63, 3.8) is 0 Å². The monoisotopic (exact) mass is 390 g/mol. The van der Waals surface area contributed by atoms with Crippen LogP contribution in [0.15, 0.2) is 48.5 Å². The van der Waals surface area contributed by atoms with E-state index in [1.54, 1.807) is 30.3 Å². The molecule has 2 aromatic rings. The quantitative estimate of drug-likeness (QED) is 0.709. The molecular formula is C20H20F2N2O4. The molecule has 148 valence electrons. The molecule has 0 bridgehead atoms. The Balaban J connectivity index is 2.00. The maximum absolute atomic E-state index is 13.2. The first-order valence-electron chi connectivity index (χ1n) is 8.47. The van der Waals surface area contributed by atoms with Gasteiger partial charge in [-0.25, -0.2) is 13.6 Å². The van der Waals surface area contributed by atoms with E-state index < -0.39 is 41.5 Å². The number of rotatable bonds is 7. The van der Waals surface area contributed by atoms with E-state index in [0.717, 1.165) is 12.1 Å². The van der Waals surface area contributed by atoms with Crippen LogP contribution in [0.1, 0.15) is 24.1 Å². The lowest BCUT2D eigenvalue weighted by Crippen LogP contribution is -2.47. The molecule has 0 aliphatic heterocycles. The van der Waals surface area contributed by atoms with E-state index in [1.807, 2.05) is 0 Å². The number of hydrogen-bond donors (Lipinski definition) is 2. The van der Waals surface area contributed by atoms with Crippen LogP contribution >= 0.6 is 0 Å². The zero-order valence-corrected chi connectivity index (χ0v) is 15.4. The number of nitrogens with one attached hydrogen (secondary N) is 2. The molecule has 0 saturated carbocycles. The zero-order valence-electron chi connectivity index (χ0n) is 15.4. The van der Waals surface area contributed by atoms with Gasteiger partial charge in [-0.3, -0.25) is 9.59 Å². The highest BCUT2D eigenvalue weighted by Gasteiger charge is 2.26. The van der Waals surface area contributed by atoms with Crippen LogP contribution in [-0.2, 0) is 25.5 Å². The smallest absolute Gasteiger partial charge is 0.333 e. The van der Waals surface area contributed by atoms with Crippen LogP contribution in [0.3, 0.4) is 0 Å². The molecule has 0 fully saturated rings. The molecule has 0 aromatic heterocycles. The van der Waals surface area contributed by atoms with E-state index in [-0.39, 0.29) is 12.0 Å². The fourth-order valence-electron chi connectivity index (χ4n) is 2.57. The molecule has 0 heterocycles. The van der Waals surface area contributed by atoms with Crippen LogP contribution in [0.5, 0.6) is 0 Å². The number of carbonyl (C=O) groups excluding carboxylic acids is 3. The molecule has 8 heteroatoms. The summed E-state index contributed by atoms with van der Waals surface area (Å²) >= 11 is 0. The molecule has 2 aromatic carbocycles. The van der Waals surface area contributed by atoms with Gasteiger partial charge in [-0.1, -0.05) is 30.3 Å². The van der Waals surface area contributed by atoms with Crippen LogP contribution in [0.4, 0.5) is 8.78 Å². The number of amides is 2. The summed E-state index contributed by atoms with van der Waals surface area (Å²) in [6.07, 6.45) is -0.300. The third kappa shape index (κ3) is 5.87. The average Bonchev–Trinajstić information content (AvgIpc) is 2.64. The van der Waals surface area contributed by atoms with Crippen molar-refractivity contribution in [1.82, 2.24) is 10.6 Å². The maximum Gasteiger partial charge on any atom is 0.333 e. The van der Waals surface area contributed by atoms with Gasteiger partial charge in [0, 0.05) is 6.07 Å². The van der Waals surface area contributed by atoms with Crippen molar-refractivity contribution in [2.75, 3.05) is 7.11 Å². The van der Waals surface area contributed by atoms with E-state index in [4.69, 9.17) is 4.74 Å². The summed E-state index contributed by atoms with van der Waals surface area (Å²) < 4.78 is 31.1. The van der Waals surface area contributed by atoms with Gasteiger partial charge in [-0.2, -0.15) is 0 Å². The van der Waals surface area contributed by atoms with Gasteiger partial charge < -0.3 is 15.4 Å². The molecule has 2 atom stereocenters. The number of carbonyl (C=O) groups is 3. The van der Waals surface area contributed by atoms with Crippen molar-refractivity contribution in [3.05, 3.63) is 71.3 Å². The highest BCUT2D eigenvalue weighted by atomic mass is 19.1. The Morgan fingerprint density at radius 2 is 1.61 bits per heavy atom. The lowest BCUT2D eigenvalue weighted by Gasteiger charge is -2.20. The Kier molecular flexibility index (Phi) is 7.20.